The summed E-state index contributed by atoms with van der Waals surface area (Å²) in [4.78, 5) is 3.85. The summed E-state index contributed by atoms with van der Waals surface area (Å²) in [6, 6.07) is 8.20. The van der Waals surface area contributed by atoms with Gasteiger partial charge >= 0.3 is 0 Å². The molecule has 0 aliphatic rings. The van der Waals surface area contributed by atoms with Crippen molar-refractivity contribution in [2.24, 2.45) is 0 Å². The summed E-state index contributed by atoms with van der Waals surface area (Å²) in [5.41, 5.74) is 0. The molecule has 0 amide bonds. The Kier molecular flexibility index (Phi) is 5.89. The molecule has 0 saturated heterocycles. The van der Waals surface area contributed by atoms with E-state index in [1.54, 1.807) is 22.7 Å². The minimum Gasteiger partial charge on any atom is -0.312 e. The van der Waals surface area contributed by atoms with E-state index in [1.807, 2.05) is 16.8 Å². The SMILES string of the molecule is CCn1c(-c2cccs2)nn(C[NH+](CC)Cc2ccc(Cl)s2)c1=S. The molecule has 0 bridgehead atoms. The summed E-state index contributed by atoms with van der Waals surface area (Å²) in [6.07, 6.45) is 0. The van der Waals surface area contributed by atoms with Crippen LogP contribution in [0.4, 0.5) is 0 Å². The molecule has 1 unspecified atom stereocenters. The van der Waals surface area contributed by atoms with Crippen molar-refractivity contribution >= 4 is 46.5 Å². The number of aromatic nitrogens is 3. The van der Waals surface area contributed by atoms with Crippen LogP contribution in [-0.4, -0.2) is 20.9 Å². The van der Waals surface area contributed by atoms with Crippen molar-refractivity contribution < 1.29 is 4.90 Å². The first-order chi connectivity index (χ1) is 11.6. The zero-order valence-electron chi connectivity index (χ0n) is 13.7. The molecule has 0 fully saturated rings. The van der Waals surface area contributed by atoms with Crippen LogP contribution in [0, 0.1) is 4.77 Å². The van der Waals surface area contributed by atoms with E-state index < -0.39 is 0 Å². The van der Waals surface area contributed by atoms with Gasteiger partial charge in [-0.15, -0.1) is 27.8 Å². The van der Waals surface area contributed by atoms with Crippen LogP contribution in [-0.2, 0) is 19.8 Å². The van der Waals surface area contributed by atoms with Crippen LogP contribution in [0.15, 0.2) is 29.6 Å². The minimum absolute atomic E-state index is 0.760. The van der Waals surface area contributed by atoms with Crippen molar-refractivity contribution in [3.8, 4) is 10.7 Å². The van der Waals surface area contributed by atoms with E-state index in [1.165, 1.54) is 9.78 Å². The second-order valence-electron chi connectivity index (χ2n) is 5.47. The maximum absolute atomic E-state index is 6.05. The summed E-state index contributed by atoms with van der Waals surface area (Å²) < 4.78 is 5.70. The standard InChI is InChI=1S/C16H19ClN4S3/c1-3-19(10-12-7-8-14(17)24-12)11-21-16(22)20(4-2)15(18-21)13-6-5-9-23-13/h5-9H,3-4,10-11H2,1-2H3/p+1. The van der Waals surface area contributed by atoms with E-state index in [0.29, 0.717) is 0 Å². The fraction of sp³-hybridized carbons (Fsp3) is 0.375. The molecule has 24 heavy (non-hydrogen) atoms. The predicted octanol–water partition coefficient (Wildman–Crippen LogP) is 3.94. The van der Waals surface area contributed by atoms with Gasteiger partial charge < -0.3 is 4.90 Å². The molecule has 3 aromatic rings. The Balaban J connectivity index is 1.84. The molecule has 8 heteroatoms. The molecular formula is C16H20ClN4S3+. The number of nitrogens with zero attached hydrogens (tertiary/aromatic N) is 3. The lowest BCUT2D eigenvalue weighted by molar-refractivity contribution is -0.935. The average molecular weight is 400 g/mol. The number of rotatable bonds is 7. The molecule has 4 nitrogen and oxygen atoms in total. The van der Waals surface area contributed by atoms with Crippen LogP contribution in [0.2, 0.25) is 4.34 Å². The Hall–Kier alpha value is -0.990. The van der Waals surface area contributed by atoms with Crippen molar-refractivity contribution in [3.63, 3.8) is 0 Å². The van der Waals surface area contributed by atoms with E-state index >= 15 is 0 Å². The number of thiophene rings is 2. The molecule has 0 spiro atoms. The fourth-order valence-corrected chi connectivity index (χ4v) is 4.81. The Morgan fingerprint density at radius 3 is 2.71 bits per heavy atom. The van der Waals surface area contributed by atoms with Crippen molar-refractivity contribution in [1.82, 2.24) is 14.3 Å². The van der Waals surface area contributed by atoms with E-state index in [2.05, 4.69) is 35.9 Å². The van der Waals surface area contributed by atoms with Gasteiger partial charge in [0.05, 0.1) is 20.6 Å². The smallest absolute Gasteiger partial charge is 0.203 e. The summed E-state index contributed by atoms with van der Waals surface area (Å²) in [7, 11) is 0. The van der Waals surface area contributed by atoms with Crippen LogP contribution in [0.5, 0.6) is 0 Å². The van der Waals surface area contributed by atoms with Gasteiger partial charge in [0, 0.05) is 6.54 Å². The van der Waals surface area contributed by atoms with Crippen LogP contribution in [0.1, 0.15) is 18.7 Å². The Morgan fingerprint density at radius 1 is 1.29 bits per heavy atom. The third kappa shape index (κ3) is 3.81. The Bertz CT molecular complexity index is 847. The van der Waals surface area contributed by atoms with Gasteiger partial charge in [0.1, 0.15) is 6.54 Å². The first-order valence-electron chi connectivity index (χ1n) is 7.91. The molecule has 0 aliphatic heterocycles. The normalized spacial score (nSPS) is 12.6. The third-order valence-electron chi connectivity index (χ3n) is 3.91. The van der Waals surface area contributed by atoms with Crippen molar-refractivity contribution in [2.45, 2.75) is 33.6 Å². The maximum atomic E-state index is 6.05. The molecular weight excluding hydrogens is 380 g/mol. The monoisotopic (exact) mass is 399 g/mol. The molecule has 3 aromatic heterocycles. The van der Waals surface area contributed by atoms with Crippen LogP contribution < -0.4 is 4.90 Å². The topological polar surface area (TPSA) is 27.2 Å². The van der Waals surface area contributed by atoms with Crippen molar-refractivity contribution in [2.75, 3.05) is 6.54 Å². The fourth-order valence-electron chi connectivity index (χ4n) is 2.61. The summed E-state index contributed by atoms with van der Waals surface area (Å²) in [6.45, 7) is 7.82. The number of hydrogen-bond donors (Lipinski definition) is 1. The predicted molar refractivity (Wildman–Crippen MR) is 105 cm³/mol. The lowest BCUT2D eigenvalue weighted by Gasteiger charge is -2.16. The first kappa shape index (κ1) is 17.8. The Morgan fingerprint density at radius 2 is 2.12 bits per heavy atom. The largest absolute Gasteiger partial charge is 0.312 e. The summed E-state index contributed by atoms with van der Waals surface area (Å²) >= 11 is 15.0. The second kappa shape index (κ2) is 7.93. The lowest BCUT2D eigenvalue weighted by atomic mass is 10.4. The van der Waals surface area contributed by atoms with Crippen LogP contribution in [0.3, 0.4) is 0 Å². The molecule has 0 radical (unpaired) electrons. The highest BCUT2D eigenvalue weighted by molar-refractivity contribution is 7.71. The van der Waals surface area contributed by atoms with Gasteiger partial charge in [-0.05, 0) is 49.6 Å². The number of quaternary nitrogens is 1. The van der Waals surface area contributed by atoms with Gasteiger partial charge in [0.15, 0.2) is 12.5 Å². The number of hydrogen-bond acceptors (Lipinski definition) is 4. The van der Waals surface area contributed by atoms with Gasteiger partial charge in [-0.2, -0.15) is 4.68 Å². The highest BCUT2D eigenvalue weighted by Crippen LogP contribution is 2.23. The quantitative estimate of drug-likeness (QED) is 0.609. The molecule has 0 aromatic carbocycles. The van der Waals surface area contributed by atoms with Gasteiger partial charge in [-0.1, -0.05) is 17.7 Å². The van der Waals surface area contributed by atoms with Crippen molar-refractivity contribution in [1.29, 1.82) is 0 Å². The van der Waals surface area contributed by atoms with Crippen LogP contribution in [0.25, 0.3) is 10.7 Å². The highest BCUT2D eigenvalue weighted by atomic mass is 35.5. The zero-order chi connectivity index (χ0) is 17.1. The van der Waals surface area contributed by atoms with E-state index in [9.17, 15) is 0 Å². The van der Waals surface area contributed by atoms with Gasteiger partial charge in [0.25, 0.3) is 0 Å². The molecule has 0 saturated carbocycles. The number of nitrogens with one attached hydrogen (secondary N) is 1. The summed E-state index contributed by atoms with van der Waals surface area (Å²) in [5.74, 6) is 0.965. The molecule has 128 valence electrons. The second-order valence-corrected chi connectivity index (χ2v) is 8.58. The third-order valence-corrected chi connectivity index (χ3v) is 6.44. The van der Waals surface area contributed by atoms with E-state index in [0.717, 1.165) is 46.1 Å². The molecule has 3 rings (SSSR count). The summed E-state index contributed by atoms with van der Waals surface area (Å²) in [5, 5.41) is 6.87. The zero-order valence-corrected chi connectivity index (χ0v) is 16.9. The average Bonchev–Trinajstić information content (AvgIpc) is 3.28. The minimum atomic E-state index is 0.760. The van der Waals surface area contributed by atoms with Gasteiger partial charge in [0.2, 0.25) is 4.77 Å². The Labute approximate surface area is 159 Å². The van der Waals surface area contributed by atoms with E-state index in [4.69, 9.17) is 28.9 Å². The number of halogens is 1. The first-order valence-corrected chi connectivity index (χ1v) is 10.4. The molecule has 3 heterocycles. The maximum Gasteiger partial charge on any atom is 0.203 e. The molecule has 1 N–H and O–H groups in total. The van der Waals surface area contributed by atoms with Gasteiger partial charge in [-0.3, -0.25) is 4.57 Å². The van der Waals surface area contributed by atoms with E-state index in [-0.39, 0.29) is 0 Å². The van der Waals surface area contributed by atoms with Crippen LogP contribution >= 0.6 is 46.5 Å². The highest BCUT2D eigenvalue weighted by Gasteiger charge is 2.16. The van der Waals surface area contributed by atoms with Crippen molar-refractivity contribution in [3.05, 3.63) is 43.6 Å². The molecule has 0 aliphatic carbocycles. The lowest BCUT2D eigenvalue weighted by Crippen LogP contribution is -3.09. The van der Waals surface area contributed by atoms with Gasteiger partial charge in [-0.25, -0.2) is 0 Å². The molecule has 1 atom stereocenters.